The molecule has 146 valence electrons. The summed E-state index contributed by atoms with van der Waals surface area (Å²) in [6.45, 7) is 3.15. The van der Waals surface area contributed by atoms with Gasteiger partial charge in [0.25, 0.3) is 5.91 Å². The fourth-order valence-corrected chi connectivity index (χ4v) is 2.34. The summed E-state index contributed by atoms with van der Waals surface area (Å²) in [5.41, 5.74) is -0.694. The molecule has 27 heavy (non-hydrogen) atoms. The number of ether oxygens (including phenoxy) is 1. The van der Waals surface area contributed by atoms with Crippen LogP contribution in [0.3, 0.4) is 0 Å². The van der Waals surface area contributed by atoms with E-state index in [1.165, 1.54) is 43.7 Å². The van der Waals surface area contributed by atoms with Crippen molar-refractivity contribution in [3.8, 4) is 5.75 Å². The average Bonchev–Trinajstić information content (AvgIpc) is 2.61. The van der Waals surface area contributed by atoms with E-state index in [4.69, 9.17) is 0 Å². The third-order valence-electron chi connectivity index (χ3n) is 3.67. The predicted octanol–water partition coefficient (Wildman–Crippen LogP) is 1.88. The molecule has 0 fully saturated rings. The molecule has 10 heteroatoms. The summed E-state index contributed by atoms with van der Waals surface area (Å²) in [6.07, 6.45) is -0.491. The molecule has 1 aliphatic heterocycles. The molecule has 1 aliphatic rings. The van der Waals surface area contributed by atoms with Crippen LogP contribution in [0.15, 0.2) is 35.6 Å². The van der Waals surface area contributed by atoms with Crippen LogP contribution in [0.2, 0.25) is 0 Å². The Balaban J connectivity index is 2.07. The molecule has 1 aromatic carbocycles. The van der Waals surface area contributed by atoms with Gasteiger partial charge in [0, 0.05) is 25.4 Å². The maximum absolute atomic E-state index is 12.6. The molecule has 0 aromatic heterocycles. The van der Waals surface area contributed by atoms with Crippen molar-refractivity contribution >= 4 is 18.0 Å². The minimum atomic E-state index is -4.77. The van der Waals surface area contributed by atoms with E-state index in [-0.39, 0.29) is 30.2 Å². The Hall–Kier alpha value is -3.04. The molecule has 1 atom stereocenters. The molecule has 0 aliphatic carbocycles. The van der Waals surface area contributed by atoms with Gasteiger partial charge in [-0.15, -0.1) is 13.2 Å². The van der Waals surface area contributed by atoms with Gasteiger partial charge >= 0.3 is 6.36 Å². The summed E-state index contributed by atoms with van der Waals surface area (Å²) in [5, 5.41) is 7.95. The number of nitrogens with one attached hydrogen (secondary N) is 3. The van der Waals surface area contributed by atoms with E-state index in [9.17, 15) is 22.8 Å². The van der Waals surface area contributed by atoms with E-state index in [1.807, 2.05) is 0 Å². The fourth-order valence-electron chi connectivity index (χ4n) is 2.34. The first-order valence-electron chi connectivity index (χ1n) is 8.07. The summed E-state index contributed by atoms with van der Waals surface area (Å²) < 4.78 is 40.9. The second-order valence-electron chi connectivity index (χ2n) is 5.78. The molecule has 0 spiro atoms. The highest BCUT2D eigenvalue weighted by molar-refractivity contribution is 6.06. The first kappa shape index (κ1) is 20.3. The second-order valence-corrected chi connectivity index (χ2v) is 5.78. The van der Waals surface area contributed by atoms with Crippen molar-refractivity contribution < 1.29 is 27.5 Å². The molecule has 0 saturated carbocycles. The smallest absolute Gasteiger partial charge is 0.406 e. The molecule has 1 heterocycles. The van der Waals surface area contributed by atoms with Gasteiger partial charge in [-0.2, -0.15) is 0 Å². The number of hydrogen-bond donors (Lipinski definition) is 3. The monoisotopic (exact) mass is 384 g/mol. The first-order chi connectivity index (χ1) is 12.6. The standard InChI is InChI=1S/C17H19F3N4O3/c1-3-14(25)24-16(10-21-6-7-23-16)15(26)22-9-12-4-5-13(11(2)8-12)27-17(18,19)20/h4-8,10,23H,3,9H2,1-2H3,(H,22,26)(H,24,25). The van der Waals surface area contributed by atoms with Gasteiger partial charge < -0.3 is 20.7 Å². The van der Waals surface area contributed by atoms with Gasteiger partial charge in [0.2, 0.25) is 11.6 Å². The van der Waals surface area contributed by atoms with E-state index in [2.05, 4.69) is 25.7 Å². The SMILES string of the molecule is CCC(=O)NC1(C(=O)NCc2ccc(OC(F)(F)F)c(C)c2)C=NC=CN1. The van der Waals surface area contributed by atoms with Gasteiger partial charge in [-0.3, -0.25) is 14.6 Å². The molecule has 0 radical (unpaired) electrons. The van der Waals surface area contributed by atoms with Gasteiger partial charge in [-0.05, 0) is 24.1 Å². The van der Waals surface area contributed by atoms with E-state index in [0.717, 1.165) is 0 Å². The predicted molar refractivity (Wildman–Crippen MR) is 91.6 cm³/mol. The van der Waals surface area contributed by atoms with Gasteiger partial charge in [0.1, 0.15) is 5.75 Å². The van der Waals surface area contributed by atoms with Crippen LogP contribution in [-0.2, 0) is 16.1 Å². The van der Waals surface area contributed by atoms with Crippen LogP contribution in [0.5, 0.6) is 5.75 Å². The van der Waals surface area contributed by atoms with Crippen molar-refractivity contribution in [2.75, 3.05) is 0 Å². The van der Waals surface area contributed by atoms with Gasteiger partial charge in [0.15, 0.2) is 0 Å². The summed E-state index contributed by atoms with van der Waals surface area (Å²) in [5.74, 6) is -1.23. The minimum absolute atomic E-state index is 0.0367. The maximum atomic E-state index is 12.6. The lowest BCUT2D eigenvalue weighted by molar-refractivity contribution is -0.274. The third-order valence-corrected chi connectivity index (χ3v) is 3.67. The quantitative estimate of drug-likeness (QED) is 0.698. The summed E-state index contributed by atoms with van der Waals surface area (Å²) in [7, 11) is 0. The fraction of sp³-hybridized carbons (Fsp3) is 0.353. The zero-order valence-electron chi connectivity index (χ0n) is 14.7. The maximum Gasteiger partial charge on any atom is 0.573 e. The minimum Gasteiger partial charge on any atom is -0.406 e. The molecule has 0 saturated heterocycles. The van der Waals surface area contributed by atoms with Crippen LogP contribution in [0, 0.1) is 6.92 Å². The number of aliphatic imine (C=N–C) groups is 1. The lowest BCUT2D eigenvalue weighted by Crippen LogP contribution is -2.67. The lowest BCUT2D eigenvalue weighted by atomic mass is 10.1. The Morgan fingerprint density at radius 1 is 1.33 bits per heavy atom. The molecule has 0 bridgehead atoms. The van der Waals surface area contributed by atoms with Crippen molar-refractivity contribution in [1.29, 1.82) is 0 Å². The molecule has 3 N–H and O–H groups in total. The Labute approximate surface area is 153 Å². The number of carbonyl (C=O) groups is 2. The number of aryl methyl sites for hydroxylation is 1. The topological polar surface area (TPSA) is 91.8 Å². The third kappa shape index (κ3) is 5.47. The number of benzene rings is 1. The largest absolute Gasteiger partial charge is 0.573 e. The van der Waals surface area contributed by atoms with Crippen molar-refractivity contribution in [3.05, 3.63) is 41.7 Å². The Bertz CT molecular complexity index is 777. The van der Waals surface area contributed by atoms with E-state index in [0.29, 0.717) is 5.56 Å². The van der Waals surface area contributed by atoms with E-state index >= 15 is 0 Å². The number of alkyl halides is 3. The highest BCUT2D eigenvalue weighted by Crippen LogP contribution is 2.26. The van der Waals surface area contributed by atoms with Crippen LogP contribution in [0.25, 0.3) is 0 Å². The van der Waals surface area contributed by atoms with E-state index in [1.54, 1.807) is 6.92 Å². The number of rotatable bonds is 6. The Morgan fingerprint density at radius 2 is 2.07 bits per heavy atom. The zero-order chi connectivity index (χ0) is 20.1. The average molecular weight is 384 g/mol. The zero-order valence-corrected chi connectivity index (χ0v) is 14.7. The molecular formula is C17H19F3N4O3. The number of halogens is 3. The van der Waals surface area contributed by atoms with Gasteiger partial charge in [-0.25, -0.2) is 0 Å². The highest BCUT2D eigenvalue weighted by atomic mass is 19.4. The van der Waals surface area contributed by atoms with Crippen LogP contribution in [-0.4, -0.2) is 30.1 Å². The van der Waals surface area contributed by atoms with Crippen molar-refractivity contribution in [1.82, 2.24) is 16.0 Å². The van der Waals surface area contributed by atoms with Crippen molar-refractivity contribution in [3.63, 3.8) is 0 Å². The Kier molecular flexibility index (Phi) is 6.09. The molecule has 2 rings (SSSR count). The second kappa shape index (κ2) is 8.11. The van der Waals surface area contributed by atoms with Crippen LogP contribution in [0.4, 0.5) is 13.2 Å². The molecule has 7 nitrogen and oxygen atoms in total. The van der Waals surface area contributed by atoms with Crippen molar-refractivity contribution in [2.45, 2.75) is 38.8 Å². The van der Waals surface area contributed by atoms with E-state index < -0.39 is 17.9 Å². The highest BCUT2D eigenvalue weighted by Gasteiger charge is 2.38. The van der Waals surface area contributed by atoms with Crippen molar-refractivity contribution in [2.24, 2.45) is 4.99 Å². The normalized spacial score (nSPS) is 18.6. The van der Waals surface area contributed by atoms with Crippen LogP contribution >= 0.6 is 0 Å². The number of nitrogens with zero attached hydrogens (tertiary/aromatic N) is 1. The number of amides is 2. The number of carbonyl (C=O) groups excluding carboxylic acids is 2. The summed E-state index contributed by atoms with van der Waals surface area (Å²) >= 11 is 0. The molecular weight excluding hydrogens is 365 g/mol. The van der Waals surface area contributed by atoms with Gasteiger partial charge in [0.05, 0.1) is 6.21 Å². The molecule has 1 aromatic rings. The first-order valence-corrected chi connectivity index (χ1v) is 8.07. The molecule has 1 unspecified atom stereocenters. The lowest BCUT2D eigenvalue weighted by Gasteiger charge is -2.31. The molecule has 2 amide bonds. The van der Waals surface area contributed by atoms with Crippen LogP contribution < -0.4 is 20.7 Å². The number of hydrogen-bond acceptors (Lipinski definition) is 5. The van der Waals surface area contributed by atoms with Crippen LogP contribution in [0.1, 0.15) is 24.5 Å². The van der Waals surface area contributed by atoms with Gasteiger partial charge in [-0.1, -0.05) is 19.1 Å². The summed E-state index contributed by atoms with van der Waals surface area (Å²) in [6, 6.07) is 4.07. The Morgan fingerprint density at radius 3 is 2.63 bits per heavy atom. The summed E-state index contributed by atoms with van der Waals surface area (Å²) in [4.78, 5) is 28.2.